The van der Waals surface area contributed by atoms with Crippen LogP contribution in [0.4, 0.5) is 5.82 Å². The van der Waals surface area contributed by atoms with E-state index in [4.69, 9.17) is 0 Å². The molecule has 0 bridgehead atoms. The fourth-order valence-electron chi connectivity index (χ4n) is 2.35. The zero-order chi connectivity index (χ0) is 15.5. The van der Waals surface area contributed by atoms with Gasteiger partial charge in [0.1, 0.15) is 5.82 Å². The number of nitrogens with zero attached hydrogens (tertiary/aromatic N) is 3. The Bertz CT molecular complexity index is 752. The van der Waals surface area contributed by atoms with Gasteiger partial charge in [0.25, 0.3) is 0 Å². The molecule has 0 unspecified atom stereocenters. The molecule has 2 heterocycles. The minimum Gasteiger partial charge on any atom is -0.387 e. The summed E-state index contributed by atoms with van der Waals surface area (Å²) in [5.41, 5.74) is 2.71. The van der Waals surface area contributed by atoms with Gasteiger partial charge >= 0.3 is 0 Å². The molecule has 0 aliphatic rings. The maximum absolute atomic E-state index is 10.3. The molecule has 22 heavy (non-hydrogen) atoms. The van der Waals surface area contributed by atoms with Gasteiger partial charge in [-0.25, -0.2) is 4.98 Å². The maximum Gasteiger partial charge on any atom is 0.157 e. The van der Waals surface area contributed by atoms with E-state index < -0.39 is 6.10 Å². The summed E-state index contributed by atoms with van der Waals surface area (Å²) in [6.45, 7) is 4.64. The van der Waals surface area contributed by atoms with Crippen molar-refractivity contribution < 1.29 is 5.11 Å². The van der Waals surface area contributed by atoms with E-state index in [2.05, 4.69) is 29.2 Å². The number of aliphatic hydroxyl groups excluding tert-OH is 1. The number of nitrogens with one attached hydrogen (secondary N) is 1. The Hall–Kier alpha value is -2.40. The molecule has 0 amide bonds. The monoisotopic (exact) mass is 296 g/mol. The minimum atomic E-state index is -0.567. The molecule has 0 aliphatic heterocycles. The number of benzene rings is 1. The van der Waals surface area contributed by atoms with Crippen LogP contribution >= 0.6 is 0 Å². The molecule has 0 spiro atoms. The van der Waals surface area contributed by atoms with Gasteiger partial charge in [-0.15, -0.1) is 0 Å². The topological polar surface area (TPSA) is 62.5 Å². The van der Waals surface area contributed by atoms with Crippen LogP contribution in [-0.2, 0) is 0 Å². The summed E-state index contributed by atoms with van der Waals surface area (Å²) in [5.74, 6) is 1.17. The van der Waals surface area contributed by atoms with E-state index in [0.29, 0.717) is 12.5 Å². The first kappa shape index (κ1) is 14.5. The summed E-state index contributed by atoms with van der Waals surface area (Å²) >= 11 is 0. The Morgan fingerprint density at radius 2 is 1.95 bits per heavy atom. The van der Waals surface area contributed by atoms with E-state index in [1.54, 1.807) is 10.7 Å². The van der Waals surface area contributed by atoms with Crippen LogP contribution in [0.1, 0.15) is 37.1 Å². The first-order valence-corrected chi connectivity index (χ1v) is 7.46. The molecule has 1 atom stereocenters. The number of hydrogen-bond acceptors (Lipinski definition) is 4. The molecular formula is C17H20N4O. The van der Waals surface area contributed by atoms with E-state index >= 15 is 0 Å². The molecule has 0 saturated carbocycles. The fourth-order valence-corrected chi connectivity index (χ4v) is 2.35. The average molecular weight is 296 g/mol. The Balaban J connectivity index is 1.82. The summed E-state index contributed by atoms with van der Waals surface area (Å²) in [7, 11) is 0. The Morgan fingerprint density at radius 1 is 1.18 bits per heavy atom. The van der Waals surface area contributed by atoms with Gasteiger partial charge in [-0.3, -0.25) is 0 Å². The first-order valence-electron chi connectivity index (χ1n) is 7.46. The molecule has 0 fully saturated rings. The van der Waals surface area contributed by atoms with Crippen LogP contribution in [0.2, 0.25) is 0 Å². The third-order valence-electron chi connectivity index (χ3n) is 3.63. The lowest BCUT2D eigenvalue weighted by atomic mass is 10.1. The smallest absolute Gasteiger partial charge is 0.157 e. The van der Waals surface area contributed by atoms with Crippen molar-refractivity contribution in [3.63, 3.8) is 0 Å². The Morgan fingerprint density at radius 3 is 2.68 bits per heavy atom. The largest absolute Gasteiger partial charge is 0.387 e. The highest BCUT2D eigenvalue weighted by Crippen LogP contribution is 2.20. The number of fused-ring (bicyclic) bond motifs is 1. The first-order chi connectivity index (χ1) is 10.6. The highest BCUT2D eigenvalue weighted by molar-refractivity contribution is 5.49. The molecule has 2 N–H and O–H groups in total. The zero-order valence-electron chi connectivity index (χ0n) is 12.8. The summed E-state index contributed by atoms with van der Waals surface area (Å²) in [6, 6.07) is 13.5. The number of aliphatic hydroxyl groups is 1. The second-order valence-electron chi connectivity index (χ2n) is 5.63. The number of aromatic nitrogens is 3. The molecule has 5 heteroatoms. The number of rotatable bonds is 5. The standard InChI is InChI=1S/C17H20N4O/c1-12(2)14-10-17(21-16(20-14)8-9-19-21)18-11-15(22)13-6-4-3-5-7-13/h3-10,12,15,18,22H,11H2,1-2H3/t15-/m1/s1. The molecule has 2 aromatic heterocycles. The van der Waals surface area contributed by atoms with Crippen LogP contribution in [0.5, 0.6) is 0 Å². The van der Waals surface area contributed by atoms with Gasteiger partial charge in [-0.1, -0.05) is 44.2 Å². The molecule has 0 radical (unpaired) electrons. The van der Waals surface area contributed by atoms with Crippen LogP contribution in [-0.4, -0.2) is 26.2 Å². The van der Waals surface area contributed by atoms with Crippen molar-refractivity contribution in [1.82, 2.24) is 14.6 Å². The Kier molecular flexibility index (Phi) is 4.06. The summed E-state index contributed by atoms with van der Waals surface area (Å²) in [5, 5.41) is 17.8. The molecule has 114 valence electrons. The second-order valence-corrected chi connectivity index (χ2v) is 5.63. The lowest BCUT2D eigenvalue weighted by Crippen LogP contribution is -2.15. The SMILES string of the molecule is CC(C)c1cc(NC[C@@H](O)c2ccccc2)n2nccc2n1. The minimum absolute atomic E-state index is 0.333. The molecule has 1 aromatic carbocycles. The number of hydrogen-bond donors (Lipinski definition) is 2. The van der Waals surface area contributed by atoms with Gasteiger partial charge < -0.3 is 10.4 Å². The third-order valence-corrected chi connectivity index (χ3v) is 3.63. The van der Waals surface area contributed by atoms with Gasteiger partial charge in [0.05, 0.1) is 12.3 Å². The predicted octanol–water partition coefficient (Wildman–Crippen LogP) is 3.00. The van der Waals surface area contributed by atoms with Gasteiger partial charge in [-0.05, 0) is 11.5 Å². The zero-order valence-corrected chi connectivity index (χ0v) is 12.8. The number of anilines is 1. The lowest BCUT2D eigenvalue weighted by Gasteiger charge is -2.15. The van der Waals surface area contributed by atoms with Gasteiger partial charge in [0.15, 0.2) is 5.65 Å². The summed E-state index contributed by atoms with van der Waals surface area (Å²) in [4.78, 5) is 4.58. The van der Waals surface area contributed by atoms with Gasteiger partial charge in [0, 0.05) is 24.4 Å². The van der Waals surface area contributed by atoms with E-state index in [1.165, 1.54) is 0 Å². The highest BCUT2D eigenvalue weighted by atomic mass is 16.3. The lowest BCUT2D eigenvalue weighted by molar-refractivity contribution is 0.191. The third kappa shape index (κ3) is 2.94. The molecule has 0 saturated heterocycles. The van der Waals surface area contributed by atoms with E-state index in [1.807, 2.05) is 42.5 Å². The van der Waals surface area contributed by atoms with Crippen molar-refractivity contribution in [1.29, 1.82) is 0 Å². The van der Waals surface area contributed by atoms with E-state index in [0.717, 1.165) is 22.7 Å². The quantitative estimate of drug-likeness (QED) is 0.760. The van der Waals surface area contributed by atoms with Crippen molar-refractivity contribution in [3.05, 3.63) is 59.9 Å². The average Bonchev–Trinajstić information content (AvgIpc) is 3.01. The normalized spacial score (nSPS) is 12.7. The van der Waals surface area contributed by atoms with Crippen LogP contribution in [0.3, 0.4) is 0 Å². The molecule has 5 nitrogen and oxygen atoms in total. The highest BCUT2D eigenvalue weighted by Gasteiger charge is 2.11. The van der Waals surface area contributed by atoms with Crippen LogP contribution in [0.15, 0.2) is 48.7 Å². The summed E-state index contributed by atoms with van der Waals surface area (Å²) in [6.07, 6.45) is 1.16. The van der Waals surface area contributed by atoms with E-state index in [9.17, 15) is 5.11 Å². The van der Waals surface area contributed by atoms with E-state index in [-0.39, 0.29) is 0 Å². The van der Waals surface area contributed by atoms with Crippen molar-refractivity contribution in [3.8, 4) is 0 Å². The Labute approximate surface area is 129 Å². The molecule has 3 aromatic rings. The second kappa shape index (κ2) is 6.15. The van der Waals surface area contributed by atoms with Gasteiger partial charge in [-0.2, -0.15) is 9.61 Å². The maximum atomic E-state index is 10.3. The molecule has 3 rings (SSSR count). The van der Waals surface area contributed by atoms with Crippen LogP contribution in [0, 0.1) is 0 Å². The van der Waals surface area contributed by atoms with Crippen molar-refractivity contribution >= 4 is 11.5 Å². The van der Waals surface area contributed by atoms with Gasteiger partial charge in [0.2, 0.25) is 0 Å². The predicted molar refractivity (Wildman–Crippen MR) is 87.0 cm³/mol. The molecule has 0 aliphatic carbocycles. The van der Waals surface area contributed by atoms with Crippen LogP contribution < -0.4 is 5.32 Å². The van der Waals surface area contributed by atoms with Crippen molar-refractivity contribution in [2.45, 2.75) is 25.9 Å². The van der Waals surface area contributed by atoms with Crippen molar-refractivity contribution in [2.75, 3.05) is 11.9 Å². The van der Waals surface area contributed by atoms with Crippen LogP contribution in [0.25, 0.3) is 5.65 Å². The molecular weight excluding hydrogens is 276 g/mol. The fraction of sp³-hybridized carbons (Fsp3) is 0.294. The summed E-state index contributed by atoms with van der Waals surface area (Å²) < 4.78 is 1.75. The van der Waals surface area contributed by atoms with Crippen molar-refractivity contribution in [2.24, 2.45) is 0 Å².